The molecule has 9 nitrogen and oxygen atoms in total. The van der Waals surface area contributed by atoms with Crippen LogP contribution in [-0.2, 0) is 19.6 Å². The number of fused-ring (bicyclic) bond motifs is 1. The lowest BCUT2D eigenvalue weighted by Gasteiger charge is -2.25. The minimum absolute atomic E-state index is 0.301. The van der Waals surface area contributed by atoms with E-state index in [0.29, 0.717) is 52.5 Å². The summed E-state index contributed by atoms with van der Waals surface area (Å²) in [6.45, 7) is 3.06. The molecule has 0 radical (unpaired) electrons. The van der Waals surface area contributed by atoms with Gasteiger partial charge < -0.3 is 20.3 Å². The summed E-state index contributed by atoms with van der Waals surface area (Å²) in [5.41, 5.74) is 4.62. The van der Waals surface area contributed by atoms with Crippen molar-refractivity contribution in [3.63, 3.8) is 0 Å². The first kappa shape index (κ1) is 27.4. The molecule has 5 rings (SSSR count). The highest BCUT2D eigenvalue weighted by Crippen LogP contribution is 2.38. The van der Waals surface area contributed by atoms with Gasteiger partial charge in [0.25, 0.3) is 5.91 Å². The predicted molar refractivity (Wildman–Crippen MR) is 158 cm³/mol. The monoisotopic (exact) mass is 560 g/mol. The van der Waals surface area contributed by atoms with Gasteiger partial charge in [0.15, 0.2) is 0 Å². The Bertz CT molecular complexity index is 1550. The molecule has 0 aromatic heterocycles. The third-order valence-corrected chi connectivity index (χ3v) is 8.33. The van der Waals surface area contributed by atoms with Gasteiger partial charge in [0.1, 0.15) is 0 Å². The molecule has 0 saturated carbocycles. The summed E-state index contributed by atoms with van der Waals surface area (Å²) in [5.74, 6) is -0.787. The summed E-state index contributed by atoms with van der Waals surface area (Å²) in [7, 11) is -2.15. The van der Waals surface area contributed by atoms with Gasteiger partial charge in [-0.1, -0.05) is 36.4 Å². The van der Waals surface area contributed by atoms with Crippen molar-refractivity contribution in [2.75, 3.05) is 54.5 Å². The third kappa shape index (κ3) is 5.88. The van der Waals surface area contributed by atoms with Crippen LogP contribution in [0.1, 0.15) is 34.3 Å². The fourth-order valence-corrected chi connectivity index (χ4v) is 6.05. The molecule has 3 aromatic carbocycles. The number of hydrogen-bond donors (Lipinski definition) is 2. The Morgan fingerprint density at radius 3 is 2.35 bits per heavy atom. The smallest absolute Gasteiger partial charge is 0.337 e. The molecule has 2 heterocycles. The number of carbonyl (C=O) groups excluding carboxylic acids is 2. The number of nitrogens with one attached hydrogen (secondary N) is 2. The van der Waals surface area contributed by atoms with Crippen molar-refractivity contribution in [1.29, 1.82) is 0 Å². The molecular formula is C30H32N4O5S. The molecule has 2 N–H and O–H groups in total. The Morgan fingerprint density at radius 1 is 1.00 bits per heavy atom. The number of benzene rings is 3. The summed E-state index contributed by atoms with van der Waals surface area (Å²) in [4.78, 5) is 27.5. The van der Waals surface area contributed by atoms with E-state index in [1.807, 2.05) is 30.3 Å². The Hall–Kier alpha value is -4.15. The topological polar surface area (TPSA) is 108 Å². The molecule has 3 aromatic rings. The van der Waals surface area contributed by atoms with Gasteiger partial charge in [-0.15, -0.1) is 0 Å². The lowest BCUT2D eigenvalue weighted by molar-refractivity contribution is -0.110. The van der Waals surface area contributed by atoms with Gasteiger partial charge in [0.2, 0.25) is 10.0 Å². The number of methoxy groups -OCH3 is 1. The largest absolute Gasteiger partial charge is 0.465 e. The normalized spacial score (nSPS) is 16.3. The maximum absolute atomic E-state index is 13.2. The van der Waals surface area contributed by atoms with Crippen molar-refractivity contribution in [3.8, 4) is 0 Å². The number of amides is 1. The van der Waals surface area contributed by atoms with E-state index in [4.69, 9.17) is 4.74 Å². The summed E-state index contributed by atoms with van der Waals surface area (Å²) in [6.07, 6.45) is 3.52. The zero-order valence-electron chi connectivity index (χ0n) is 22.5. The van der Waals surface area contributed by atoms with Crippen molar-refractivity contribution in [1.82, 2.24) is 4.90 Å². The molecule has 0 unspecified atom stereocenters. The second kappa shape index (κ2) is 11.5. The third-order valence-electron chi connectivity index (χ3n) is 7.14. The number of ether oxygens (including phenoxy) is 1. The van der Waals surface area contributed by atoms with E-state index < -0.39 is 16.0 Å². The molecule has 1 saturated heterocycles. The summed E-state index contributed by atoms with van der Waals surface area (Å²) in [6, 6.07) is 21.6. The first-order valence-corrected chi connectivity index (χ1v) is 15.0. The van der Waals surface area contributed by atoms with Crippen LogP contribution in [0.4, 0.5) is 17.1 Å². The summed E-state index contributed by atoms with van der Waals surface area (Å²) >= 11 is 0. The quantitative estimate of drug-likeness (QED) is 0.297. The molecular weight excluding hydrogens is 528 g/mol. The van der Waals surface area contributed by atoms with Crippen LogP contribution in [0, 0.1) is 0 Å². The van der Waals surface area contributed by atoms with E-state index in [0.717, 1.165) is 31.5 Å². The van der Waals surface area contributed by atoms with Crippen LogP contribution in [0.15, 0.2) is 72.8 Å². The van der Waals surface area contributed by atoms with Gasteiger partial charge in [0, 0.05) is 24.3 Å². The lowest BCUT2D eigenvalue weighted by Crippen LogP contribution is -2.37. The van der Waals surface area contributed by atoms with Gasteiger partial charge in [0.05, 0.1) is 41.6 Å². The zero-order valence-corrected chi connectivity index (χ0v) is 23.3. The molecule has 10 heteroatoms. The first-order valence-electron chi connectivity index (χ1n) is 13.2. The van der Waals surface area contributed by atoms with Crippen molar-refractivity contribution in [2.24, 2.45) is 0 Å². The molecule has 0 spiro atoms. The predicted octanol–water partition coefficient (Wildman–Crippen LogP) is 4.27. The fraction of sp³-hybridized carbons (Fsp3) is 0.267. The van der Waals surface area contributed by atoms with E-state index in [1.54, 1.807) is 42.5 Å². The Balaban J connectivity index is 1.47. The number of nitrogens with zero attached hydrogens (tertiary/aromatic N) is 2. The number of esters is 1. The summed E-state index contributed by atoms with van der Waals surface area (Å²) < 4.78 is 31.5. The first-order chi connectivity index (χ1) is 19.2. The van der Waals surface area contributed by atoms with E-state index in [2.05, 4.69) is 15.5 Å². The highest BCUT2D eigenvalue weighted by Gasteiger charge is 2.29. The van der Waals surface area contributed by atoms with Crippen molar-refractivity contribution >= 4 is 50.2 Å². The molecule has 1 fully saturated rings. The highest BCUT2D eigenvalue weighted by atomic mass is 32.2. The molecule has 0 aliphatic carbocycles. The minimum atomic E-state index is -3.46. The number of sulfonamides is 1. The second-order valence-corrected chi connectivity index (χ2v) is 11.8. The SMILES string of the molecule is COC(=O)c1ccc2c(c1)NC(=O)/C2=C(\Nc1ccc(N(CCN2CCCC2)S(C)(=O)=O)cc1)c1ccccc1. The van der Waals surface area contributed by atoms with E-state index >= 15 is 0 Å². The number of likely N-dealkylation sites (tertiary alicyclic amines) is 1. The van der Waals surface area contributed by atoms with Crippen LogP contribution >= 0.6 is 0 Å². The van der Waals surface area contributed by atoms with Crippen LogP contribution < -0.4 is 14.9 Å². The van der Waals surface area contributed by atoms with E-state index in [1.165, 1.54) is 17.7 Å². The van der Waals surface area contributed by atoms with Gasteiger partial charge in [-0.25, -0.2) is 13.2 Å². The Morgan fingerprint density at radius 2 is 1.70 bits per heavy atom. The number of hydrogen-bond acceptors (Lipinski definition) is 7. The number of anilines is 3. The van der Waals surface area contributed by atoms with Crippen LogP contribution in [-0.4, -0.2) is 64.7 Å². The van der Waals surface area contributed by atoms with Gasteiger partial charge in [-0.3, -0.25) is 9.10 Å². The van der Waals surface area contributed by atoms with Crippen LogP contribution in [0.5, 0.6) is 0 Å². The van der Waals surface area contributed by atoms with Crippen molar-refractivity contribution in [3.05, 3.63) is 89.5 Å². The van der Waals surface area contributed by atoms with Gasteiger partial charge in [-0.05, 0) is 67.9 Å². The van der Waals surface area contributed by atoms with Crippen molar-refractivity contribution < 1.29 is 22.7 Å². The standard InChI is InChI=1S/C30H32N4O5S/c1-39-30(36)22-10-15-25-26(20-22)32-29(35)27(25)28(21-8-4-3-5-9-21)31-23-11-13-24(14-12-23)34(40(2,37)38)19-18-33-16-6-7-17-33/h3-5,8-15,20,31H,6-7,16-19H2,1-2H3,(H,32,35)/b28-27-. The van der Waals surface area contributed by atoms with E-state index in [-0.39, 0.29) is 5.91 Å². The van der Waals surface area contributed by atoms with Crippen LogP contribution in [0.2, 0.25) is 0 Å². The molecule has 2 aliphatic heterocycles. The average Bonchev–Trinajstić information content (AvgIpc) is 3.58. The molecule has 0 atom stereocenters. The minimum Gasteiger partial charge on any atom is -0.465 e. The Labute approximate surface area is 234 Å². The van der Waals surface area contributed by atoms with Crippen LogP contribution in [0.25, 0.3) is 11.3 Å². The van der Waals surface area contributed by atoms with Crippen LogP contribution in [0.3, 0.4) is 0 Å². The molecule has 40 heavy (non-hydrogen) atoms. The van der Waals surface area contributed by atoms with E-state index in [9.17, 15) is 18.0 Å². The fourth-order valence-electron chi connectivity index (χ4n) is 5.13. The number of rotatable bonds is 9. The highest BCUT2D eigenvalue weighted by molar-refractivity contribution is 7.92. The maximum atomic E-state index is 13.2. The molecule has 0 bridgehead atoms. The lowest BCUT2D eigenvalue weighted by atomic mass is 9.99. The van der Waals surface area contributed by atoms with Crippen molar-refractivity contribution in [2.45, 2.75) is 12.8 Å². The molecule has 1 amide bonds. The Kier molecular flexibility index (Phi) is 7.90. The maximum Gasteiger partial charge on any atom is 0.337 e. The molecule has 208 valence electrons. The average molecular weight is 561 g/mol. The van der Waals surface area contributed by atoms with Gasteiger partial charge >= 0.3 is 5.97 Å². The number of carbonyl (C=O) groups is 2. The zero-order chi connectivity index (χ0) is 28.3. The summed E-state index contributed by atoms with van der Waals surface area (Å²) in [5, 5.41) is 6.25. The second-order valence-electron chi connectivity index (χ2n) is 9.88. The molecule has 2 aliphatic rings. The van der Waals surface area contributed by atoms with Gasteiger partial charge in [-0.2, -0.15) is 0 Å².